The van der Waals surface area contributed by atoms with E-state index in [1.807, 2.05) is 19.1 Å². The fourth-order valence-corrected chi connectivity index (χ4v) is 3.35. The summed E-state index contributed by atoms with van der Waals surface area (Å²) in [5.74, 6) is -0.343. The molecule has 2 rings (SSSR count). The first-order valence-electron chi connectivity index (χ1n) is 11.0. The van der Waals surface area contributed by atoms with Crippen molar-refractivity contribution in [2.75, 3.05) is 7.11 Å². The van der Waals surface area contributed by atoms with Crippen LogP contribution in [0.2, 0.25) is 0 Å². The molecule has 0 amide bonds. The zero-order chi connectivity index (χ0) is 21.1. The molecule has 158 valence electrons. The summed E-state index contributed by atoms with van der Waals surface area (Å²) in [4.78, 5) is 11.9. The Balaban J connectivity index is 1.87. The molecule has 0 saturated carbocycles. The van der Waals surface area contributed by atoms with E-state index in [0.29, 0.717) is 0 Å². The minimum absolute atomic E-state index is 0.297. The van der Waals surface area contributed by atoms with Gasteiger partial charge < -0.3 is 9.47 Å². The molecular formula is C26H36O3. The molecule has 0 aliphatic heterocycles. The Morgan fingerprint density at radius 2 is 1.38 bits per heavy atom. The van der Waals surface area contributed by atoms with E-state index in [4.69, 9.17) is 9.47 Å². The topological polar surface area (TPSA) is 35.5 Å². The van der Waals surface area contributed by atoms with E-state index < -0.39 is 6.10 Å². The maximum Gasteiger partial charge on any atom is 0.335 e. The lowest BCUT2D eigenvalue weighted by Crippen LogP contribution is -2.23. The highest BCUT2D eigenvalue weighted by molar-refractivity contribution is 5.74. The van der Waals surface area contributed by atoms with E-state index in [1.165, 1.54) is 62.3 Å². The van der Waals surface area contributed by atoms with Crippen LogP contribution in [0, 0.1) is 0 Å². The highest BCUT2D eigenvalue weighted by Gasteiger charge is 2.17. The zero-order valence-corrected chi connectivity index (χ0v) is 18.4. The van der Waals surface area contributed by atoms with E-state index in [1.54, 1.807) is 6.92 Å². The van der Waals surface area contributed by atoms with Gasteiger partial charge in [-0.05, 0) is 48.9 Å². The second kappa shape index (κ2) is 12.4. The molecule has 0 aliphatic carbocycles. The molecule has 0 aromatic heterocycles. The van der Waals surface area contributed by atoms with Gasteiger partial charge in [0.25, 0.3) is 0 Å². The number of benzene rings is 2. The zero-order valence-electron chi connectivity index (χ0n) is 18.4. The molecule has 0 heterocycles. The van der Waals surface area contributed by atoms with E-state index in [2.05, 4.69) is 43.3 Å². The van der Waals surface area contributed by atoms with Gasteiger partial charge in [-0.15, -0.1) is 0 Å². The summed E-state index contributed by atoms with van der Waals surface area (Å²) < 4.78 is 10.5. The smallest absolute Gasteiger partial charge is 0.335 e. The number of ether oxygens (including phenoxy) is 2. The molecule has 2 aromatic rings. The third-order valence-corrected chi connectivity index (χ3v) is 5.46. The van der Waals surface area contributed by atoms with Crippen LogP contribution in [0.15, 0.2) is 48.5 Å². The number of carbonyl (C=O) groups excluding carboxylic acids is 1. The molecule has 3 heteroatoms. The van der Waals surface area contributed by atoms with Crippen molar-refractivity contribution in [1.82, 2.24) is 0 Å². The Morgan fingerprint density at radius 3 is 1.97 bits per heavy atom. The number of esters is 1. The molecule has 3 nitrogen and oxygen atoms in total. The van der Waals surface area contributed by atoms with Crippen LogP contribution in [-0.4, -0.2) is 19.2 Å². The first-order valence-corrected chi connectivity index (χ1v) is 11.0. The number of hydrogen-bond donors (Lipinski definition) is 0. The predicted octanol–water partition coefficient (Wildman–Crippen LogP) is 6.90. The lowest BCUT2D eigenvalue weighted by atomic mass is 9.99. The normalized spacial score (nSPS) is 13.1. The van der Waals surface area contributed by atoms with Gasteiger partial charge in [-0.2, -0.15) is 0 Å². The lowest BCUT2D eigenvalue weighted by molar-refractivity contribution is -0.159. The summed E-state index contributed by atoms with van der Waals surface area (Å²) in [6.45, 7) is 5.83. The summed E-state index contributed by atoms with van der Waals surface area (Å²) >= 11 is 0. The van der Waals surface area contributed by atoms with Gasteiger partial charge >= 0.3 is 5.97 Å². The van der Waals surface area contributed by atoms with Crippen molar-refractivity contribution in [3.63, 3.8) is 0 Å². The number of aryl methyl sites for hydroxylation is 1. The first-order chi connectivity index (χ1) is 14.0. The summed E-state index contributed by atoms with van der Waals surface area (Å²) in [6.07, 6.45) is 8.31. The number of unbranched alkanes of at least 4 members (excludes halogenated alkanes) is 5. The van der Waals surface area contributed by atoms with Gasteiger partial charge in [-0.1, -0.05) is 87.6 Å². The van der Waals surface area contributed by atoms with Crippen molar-refractivity contribution in [2.45, 2.75) is 77.9 Å². The Labute approximate surface area is 176 Å². The molecule has 0 radical (unpaired) electrons. The van der Waals surface area contributed by atoms with Crippen molar-refractivity contribution in [3.8, 4) is 11.1 Å². The molecule has 0 bridgehead atoms. The van der Waals surface area contributed by atoms with Crippen LogP contribution in [0.5, 0.6) is 0 Å². The minimum atomic E-state index is -0.549. The maximum absolute atomic E-state index is 11.9. The van der Waals surface area contributed by atoms with Crippen molar-refractivity contribution in [1.29, 1.82) is 0 Å². The summed E-state index contributed by atoms with van der Waals surface area (Å²) in [6, 6.07) is 17.1. The van der Waals surface area contributed by atoms with Crippen LogP contribution in [0.1, 0.15) is 76.5 Å². The Bertz CT molecular complexity index is 719. The van der Waals surface area contributed by atoms with Crippen molar-refractivity contribution < 1.29 is 14.3 Å². The van der Waals surface area contributed by atoms with Gasteiger partial charge in [0, 0.05) is 7.11 Å². The quantitative estimate of drug-likeness (QED) is 0.289. The fourth-order valence-electron chi connectivity index (χ4n) is 3.35. The molecule has 29 heavy (non-hydrogen) atoms. The average molecular weight is 397 g/mol. The highest BCUT2D eigenvalue weighted by atomic mass is 16.6. The Kier molecular flexibility index (Phi) is 9.93. The molecule has 0 N–H and O–H groups in total. The van der Waals surface area contributed by atoms with Crippen LogP contribution >= 0.6 is 0 Å². The Hall–Kier alpha value is -2.13. The Morgan fingerprint density at radius 1 is 0.828 bits per heavy atom. The SMILES string of the molecule is CCCCCCCCc1ccc(-c2ccc(C(C)OC(=O)C(C)OC)cc2)cc1. The van der Waals surface area contributed by atoms with Gasteiger partial charge in [-0.25, -0.2) is 4.79 Å². The number of carbonyl (C=O) groups is 1. The van der Waals surface area contributed by atoms with Crippen LogP contribution in [0.3, 0.4) is 0 Å². The molecule has 0 fully saturated rings. The largest absolute Gasteiger partial charge is 0.456 e. The molecule has 0 spiro atoms. The van der Waals surface area contributed by atoms with Crippen LogP contribution in [0.25, 0.3) is 11.1 Å². The summed E-state index contributed by atoms with van der Waals surface area (Å²) in [7, 11) is 1.50. The van der Waals surface area contributed by atoms with Gasteiger partial charge in [0.05, 0.1) is 0 Å². The average Bonchev–Trinajstić information content (AvgIpc) is 2.76. The number of rotatable bonds is 12. The molecule has 2 aromatic carbocycles. The maximum atomic E-state index is 11.9. The van der Waals surface area contributed by atoms with Crippen molar-refractivity contribution in [2.24, 2.45) is 0 Å². The third-order valence-electron chi connectivity index (χ3n) is 5.46. The van der Waals surface area contributed by atoms with Crippen molar-refractivity contribution in [3.05, 3.63) is 59.7 Å². The molecule has 2 atom stereocenters. The van der Waals surface area contributed by atoms with Gasteiger partial charge in [0.2, 0.25) is 0 Å². The number of hydrogen-bond acceptors (Lipinski definition) is 3. The van der Waals surface area contributed by atoms with Crippen LogP contribution in [0.4, 0.5) is 0 Å². The van der Waals surface area contributed by atoms with E-state index in [-0.39, 0.29) is 12.1 Å². The minimum Gasteiger partial charge on any atom is -0.456 e. The van der Waals surface area contributed by atoms with Crippen LogP contribution in [-0.2, 0) is 20.7 Å². The number of methoxy groups -OCH3 is 1. The van der Waals surface area contributed by atoms with E-state index >= 15 is 0 Å². The molecular weight excluding hydrogens is 360 g/mol. The monoisotopic (exact) mass is 396 g/mol. The molecule has 2 unspecified atom stereocenters. The van der Waals surface area contributed by atoms with Gasteiger partial charge in [-0.3, -0.25) is 0 Å². The van der Waals surface area contributed by atoms with E-state index in [0.717, 1.165) is 12.0 Å². The third kappa shape index (κ3) is 7.66. The second-order valence-electron chi connectivity index (χ2n) is 7.79. The fraction of sp³-hybridized carbons (Fsp3) is 0.500. The van der Waals surface area contributed by atoms with Gasteiger partial charge in [0.1, 0.15) is 6.10 Å². The summed E-state index contributed by atoms with van der Waals surface area (Å²) in [5, 5.41) is 0. The van der Waals surface area contributed by atoms with Gasteiger partial charge in [0.15, 0.2) is 6.10 Å². The highest BCUT2D eigenvalue weighted by Crippen LogP contribution is 2.24. The standard InChI is InChI=1S/C26H36O3/c1-5-6-7-8-9-10-11-22-12-14-24(15-13-22)25-18-16-23(17-19-25)20(2)29-26(27)21(3)28-4/h12-21H,5-11H2,1-4H3. The second-order valence-corrected chi connectivity index (χ2v) is 7.79. The predicted molar refractivity (Wildman–Crippen MR) is 120 cm³/mol. The first kappa shape index (κ1) is 23.2. The van der Waals surface area contributed by atoms with Crippen LogP contribution < -0.4 is 0 Å². The van der Waals surface area contributed by atoms with Crippen molar-refractivity contribution >= 4 is 5.97 Å². The lowest BCUT2D eigenvalue weighted by Gasteiger charge is -2.16. The summed E-state index contributed by atoms with van der Waals surface area (Å²) in [5.41, 5.74) is 4.77. The molecule has 0 saturated heterocycles. The molecule has 0 aliphatic rings. The van der Waals surface area contributed by atoms with E-state index in [9.17, 15) is 4.79 Å².